The van der Waals surface area contributed by atoms with Gasteiger partial charge in [-0.15, -0.1) is 12.4 Å². The van der Waals surface area contributed by atoms with Gasteiger partial charge in [0.15, 0.2) is 0 Å². The minimum absolute atomic E-state index is 0. The van der Waals surface area contributed by atoms with E-state index in [4.69, 9.17) is 0 Å². The minimum atomic E-state index is 0. The Morgan fingerprint density at radius 3 is 2.82 bits per heavy atom. The van der Waals surface area contributed by atoms with E-state index < -0.39 is 0 Å². The van der Waals surface area contributed by atoms with Crippen molar-refractivity contribution >= 4 is 23.9 Å². The summed E-state index contributed by atoms with van der Waals surface area (Å²) in [7, 11) is 1.84. The highest BCUT2D eigenvalue weighted by atomic mass is 35.5. The standard InChI is InChI=1S/C7H9NOS.ClH/c1-8-7(9)5-3-2-4-6(5)10-8;/h2-4H2,1H3;1H. The molecule has 11 heavy (non-hydrogen) atoms. The lowest BCUT2D eigenvalue weighted by Crippen LogP contribution is -2.11. The maximum atomic E-state index is 11.2. The van der Waals surface area contributed by atoms with Crippen molar-refractivity contribution in [3.63, 3.8) is 0 Å². The Morgan fingerprint density at radius 1 is 1.45 bits per heavy atom. The number of hydrogen-bond acceptors (Lipinski definition) is 2. The van der Waals surface area contributed by atoms with Gasteiger partial charge >= 0.3 is 0 Å². The van der Waals surface area contributed by atoms with Crippen LogP contribution in [0.25, 0.3) is 0 Å². The molecule has 4 heteroatoms. The van der Waals surface area contributed by atoms with Crippen molar-refractivity contribution in [3.8, 4) is 0 Å². The second-order valence-corrected chi connectivity index (χ2v) is 3.87. The molecule has 0 fully saturated rings. The summed E-state index contributed by atoms with van der Waals surface area (Å²) in [5, 5.41) is 0. The second-order valence-electron chi connectivity index (χ2n) is 2.65. The smallest absolute Gasteiger partial charge is 0.263 e. The fraction of sp³-hybridized carbons (Fsp3) is 0.571. The zero-order valence-corrected chi connectivity index (χ0v) is 7.93. The first-order valence-electron chi connectivity index (χ1n) is 3.47. The summed E-state index contributed by atoms with van der Waals surface area (Å²) in [6, 6.07) is 0. The Kier molecular flexibility index (Phi) is 2.40. The van der Waals surface area contributed by atoms with Crippen LogP contribution in [0.4, 0.5) is 0 Å². The van der Waals surface area contributed by atoms with E-state index in [1.165, 1.54) is 11.3 Å². The Morgan fingerprint density at radius 2 is 2.18 bits per heavy atom. The van der Waals surface area contributed by atoms with E-state index in [9.17, 15) is 4.79 Å². The maximum Gasteiger partial charge on any atom is 0.263 e. The first kappa shape index (κ1) is 8.81. The second kappa shape index (κ2) is 2.99. The molecule has 0 atom stereocenters. The molecule has 1 aromatic heterocycles. The quantitative estimate of drug-likeness (QED) is 0.607. The molecule has 0 aliphatic heterocycles. The van der Waals surface area contributed by atoms with Crippen LogP contribution >= 0.6 is 23.9 Å². The zero-order valence-electron chi connectivity index (χ0n) is 6.29. The van der Waals surface area contributed by atoms with E-state index in [1.807, 2.05) is 7.05 Å². The Labute approximate surface area is 75.4 Å². The first-order valence-corrected chi connectivity index (χ1v) is 4.24. The normalized spacial score (nSPS) is 14.3. The average molecular weight is 192 g/mol. The molecular formula is C7H10ClNOS. The van der Waals surface area contributed by atoms with Gasteiger partial charge in [-0.1, -0.05) is 11.5 Å². The number of aryl methyl sites for hydroxylation is 2. The molecule has 0 unspecified atom stereocenters. The van der Waals surface area contributed by atoms with Crippen LogP contribution < -0.4 is 5.56 Å². The van der Waals surface area contributed by atoms with Gasteiger partial charge in [0.2, 0.25) is 0 Å². The summed E-state index contributed by atoms with van der Waals surface area (Å²) in [4.78, 5) is 12.5. The predicted octanol–water partition coefficient (Wildman–Crippen LogP) is 1.36. The van der Waals surface area contributed by atoms with Gasteiger partial charge in [0.05, 0.1) is 0 Å². The molecule has 62 valence electrons. The summed E-state index contributed by atoms with van der Waals surface area (Å²) >= 11 is 1.61. The molecule has 0 bridgehead atoms. The largest absolute Gasteiger partial charge is 0.268 e. The number of rotatable bonds is 0. The monoisotopic (exact) mass is 191 g/mol. The van der Waals surface area contributed by atoms with Crippen LogP contribution in [0.2, 0.25) is 0 Å². The number of fused-ring (bicyclic) bond motifs is 1. The fourth-order valence-corrected chi connectivity index (χ4v) is 2.50. The van der Waals surface area contributed by atoms with Crippen LogP contribution in [0, 0.1) is 0 Å². The Balaban J connectivity index is 0.000000605. The summed E-state index contributed by atoms with van der Waals surface area (Å²) in [6.07, 6.45) is 3.30. The SMILES string of the molecule is Cl.Cn1sc2c(c1=O)CCC2. The molecular weight excluding hydrogens is 182 g/mol. The van der Waals surface area contributed by atoms with Crippen LogP contribution in [0.1, 0.15) is 16.9 Å². The molecule has 0 aromatic carbocycles. The van der Waals surface area contributed by atoms with Crippen molar-refractivity contribution < 1.29 is 0 Å². The molecule has 1 heterocycles. The highest BCUT2D eigenvalue weighted by Gasteiger charge is 2.17. The van der Waals surface area contributed by atoms with Gasteiger partial charge < -0.3 is 0 Å². The van der Waals surface area contributed by atoms with Gasteiger partial charge in [-0.25, -0.2) is 0 Å². The van der Waals surface area contributed by atoms with Gasteiger partial charge in [0.25, 0.3) is 5.56 Å². The highest BCUT2D eigenvalue weighted by Crippen LogP contribution is 2.22. The third-order valence-corrected chi connectivity index (χ3v) is 3.07. The van der Waals surface area contributed by atoms with Crippen molar-refractivity contribution in [2.24, 2.45) is 7.05 Å². The lowest BCUT2D eigenvalue weighted by Gasteiger charge is -1.85. The highest BCUT2D eigenvalue weighted by molar-refractivity contribution is 7.06. The first-order chi connectivity index (χ1) is 4.79. The number of halogens is 1. The van der Waals surface area contributed by atoms with E-state index >= 15 is 0 Å². The average Bonchev–Trinajstić information content (AvgIpc) is 2.41. The summed E-state index contributed by atoms with van der Waals surface area (Å²) in [5.74, 6) is 0. The van der Waals surface area contributed by atoms with Crippen LogP contribution in [0.3, 0.4) is 0 Å². The maximum absolute atomic E-state index is 11.2. The van der Waals surface area contributed by atoms with Crippen LogP contribution in [-0.2, 0) is 19.9 Å². The van der Waals surface area contributed by atoms with E-state index in [2.05, 4.69) is 0 Å². The van der Waals surface area contributed by atoms with Gasteiger partial charge in [0.1, 0.15) is 0 Å². The molecule has 1 aliphatic carbocycles. The van der Waals surface area contributed by atoms with E-state index in [0.717, 1.165) is 18.4 Å². The Hall–Kier alpha value is -0.280. The molecule has 0 amide bonds. The zero-order chi connectivity index (χ0) is 7.14. The van der Waals surface area contributed by atoms with Crippen LogP contribution in [-0.4, -0.2) is 3.96 Å². The van der Waals surface area contributed by atoms with Crippen LogP contribution in [0.15, 0.2) is 4.79 Å². The summed E-state index contributed by atoms with van der Waals surface area (Å²) in [5.41, 5.74) is 1.31. The van der Waals surface area contributed by atoms with Gasteiger partial charge in [-0.2, -0.15) is 0 Å². The van der Waals surface area contributed by atoms with E-state index in [0.29, 0.717) is 0 Å². The lowest BCUT2D eigenvalue weighted by molar-refractivity contribution is 0.882. The van der Waals surface area contributed by atoms with E-state index in [-0.39, 0.29) is 18.0 Å². The number of aromatic nitrogens is 1. The molecule has 2 rings (SSSR count). The van der Waals surface area contributed by atoms with Gasteiger partial charge in [-0.05, 0) is 19.3 Å². The summed E-state index contributed by atoms with van der Waals surface area (Å²) < 4.78 is 1.73. The number of hydrogen-bond donors (Lipinski definition) is 0. The molecule has 0 saturated heterocycles. The topological polar surface area (TPSA) is 22.0 Å². The van der Waals surface area contributed by atoms with Gasteiger partial charge in [-0.3, -0.25) is 8.75 Å². The van der Waals surface area contributed by atoms with Gasteiger partial charge in [0, 0.05) is 17.5 Å². The Bertz CT molecular complexity index is 315. The van der Waals surface area contributed by atoms with Crippen molar-refractivity contribution in [2.45, 2.75) is 19.3 Å². The molecule has 2 nitrogen and oxygen atoms in total. The molecule has 1 aliphatic rings. The number of nitrogens with zero attached hydrogens (tertiary/aromatic N) is 1. The molecule has 0 N–H and O–H groups in total. The van der Waals surface area contributed by atoms with Crippen molar-refractivity contribution in [1.29, 1.82) is 0 Å². The lowest BCUT2D eigenvalue weighted by atomic mass is 10.3. The minimum Gasteiger partial charge on any atom is -0.268 e. The molecule has 1 aromatic rings. The van der Waals surface area contributed by atoms with Crippen molar-refractivity contribution in [2.75, 3.05) is 0 Å². The fourth-order valence-electron chi connectivity index (χ4n) is 1.44. The molecule has 0 spiro atoms. The summed E-state index contributed by atoms with van der Waals surface area (Å²) in [6.45, 7) is 0. The molecule has 0 saturated carbocycles. The predicted molar refractivity (Wildman–Crippen MR) is 48.8 cm³/mol. The third-order valence-electron chi connectivity index (χ3n) is 1.96. The van der Waals surface area contributed by atoms with Crippen LogP contribution in [0.5, 0.6) is 0 Å². The molecule has 0 radical (unpaired) electrons. The third kappa shape index (κ3) is 1.23. The van der Waals surface area contributed by atoms with E-state index in [1.54, 1.807) is 15.5 Å². The van der Waals surface area contributed by atoms with Crippen molar-refractivity contribution in [1.82, 2.24) is 3.96 Å². The van der Waals surface area contributed by atoms with Crippen molar-refractivity contribution in [3.05, 3.63) is 20.8 Å².